The van der Waals surface area contributed by atoms with Gasteiger partial charge in [0, 0.05) is 12.7 Å². The van der Waals surface area contributed by atoms with Crippen LogP contribution < -0.4 is 11.1 Å². The molecule has 1 aromatic rings. The molecule has 1 saturated carbocycles. The van der Waals surface area contributed by atoms with Gasteiger partial charge in [-0.15, -0.1) is 0 Å². The van der Waals surface area contributed by atoms with Crippen LogP contribution in [0.3, 0.4) is 0 Å². The number of pyridine rings is 1. The highest BCUT2D eigenvalue weighted by Gasteiger charge is 2.40. The molecule has 1 aliphatic carbocycles. The molecular weight excluding hydrogens is 218 g/mol. The molecule has 0 saturated heterocycles. The molecule has 0 amide bonds. The fraction of sp³-hybridized carbons (Fsp3) is 0.500. The molecule has 1 heterocycles. The highest BCUT2D eigenvalue weighted by Crippen LogP contribution is 2.48. The van der Waals surface area contributed by atoms with Gasteiger partial charge in [-0.2, -0.15) is 0 Å². The zero-order valence-electron chi connectivity index (χ0n) is 9.49. The van der Waals surface area contributed by atoms with Gasteiger partial charge in [-0.3, -0.25) is 4.98 Å². The SMILES string of the molecule is CCC1(CNc2cccnc2C(N)=S)CC1. The molecule has 2 rings (SSSR count). The van der Waals surface area contributed by atoms with Crippen LogP contribution in [0.4, 0.5) is 5.69 Å². The molecule has 4 heteroatoms. The van der Waals surface area contributed by atoms with Crippen LogP contribution in [0.15, 0.2) is 18.3 Å². The fourth-order valence-corrected chi connectivity index (χ4v) is 2.02. The molecule has 0 radical (unpaired) electrons. The molecule has 0 bridgehead atoms. The van der Waals surface area contributed by atoms with Crippen LogP contribution in [0.2, 0.25) is 0 Å². The summed E-state index contributed by atoms with van der Waals surface area (Å²) in [7, 11) is 0. The number of thiocarbonyl (C=S) groups is 1. The summed E-state index contributed by atoms with van der Waals surface area (Å²) in [5.74, 6) is 0. The van der Waals surface area contributed by atoms with Crippen molar-refractivity contribution in [1.29, 1.82) is 0 Å². The Hall–Kier alpha value is -1.16. The summed E-state index contributed by atoms with van der Waals surface area (Å²) < 4.78 is 0. The molecule has 86 valence electrons. The summed E-state index contributed by atoms with van der Waals surface area (Å²) in [6.45, 7) is 3.23. The fourth-order valence-electron chi connectivity index (χ4n) is 1.86. The first-order chi connectivity index (χ1) is 7.67. The molecule has 0 atom stereocenters. The maximum atomic E-state index is 5.63. The number of nitrogens with zero attached hydrogens (tertiary/aromatic N) is 1. The van der Waals surface area contributed by atoms with Crippen molar-refractivity contribution >= 4 is 22.9 Å². The van der Waals surface area contributed by atoms with Gasteiger partial charge < -0.3 is 11.1 Å². The largest absolute Gasteiger partial charge is 0.388 e. The first-order valence-electron chi connectivity index (χ1n) is 5.65. The van der Waals surface area contributed by atoms with Gasteiger partial charge >= 0.3 is 0 Å². The van der Waals surface area contributed by atoms with Crippen LogP contribution in [-0.4, -0.2) is 16.5 Å². The highest BCUT2D eigenvalue weighted by molar-refractivity contribution is 7.80. The molecule has 0 aromatic carbocycles. The van der Waals surface area contributed by atoms with E-state index in [1.807, 2.05) is 12.1 Å². The number of nitrogens with two attached hydrogens (primary N) is 1. The summed E-state index contributed by atoms with van der Waals surface area (Å²) in [4.78, 5) is 4.55. The van der Waals surface area contributed by atoms with Gasteiger partial charge in [-0.25, -0.2) is 0 Å². The van der Waals surface area contributed by atoms with Crippen LogP contribution in [0.25, 0.3) is 0 Å². The van der Waals surface area contributed by atoms with Crippen molar-refractivity contribution in [2.45, 2.75) is 26.2 Å². The summed E-state index contributed by atoms with van der Waals surface area (Å²) in [6, 6.07) is 3.88. The molecular formula is C12H17N3S. The lowest BCUT2D eigenvalue weighted by molar-refractivity contribution is 0.521. The van der Waals surface area contributed by atoms with Crippen molar-refractivity contribution in [3.05, 3.63) is 24.0 Å². The van der Waals surface area contributed by atoms with E-state index in [1.54, 1.807) is 6.20 Å². The van der Waals surface area contributed by atoms with Crippen molar-refractivity contribution in [2.24, 2.45) is 11.1 Å². The first-order valence-corrected chi connectivity index (χ1v) is 6.06. The van der Waals surface area contributed by atoms with Crippen LogP contribution >= 0.6 is 12.2 Å². The van der Waals surface area contributed by atoms with E-state index in [4.69, 9.17) is 18.0 Å². The number of aromatic nitrogens is 1. The molecule has 1 fully saturated rings. The van der Waals surface area contributed by atoms with Crippen molar-refractivity contribution < 1.29 is 0 Å². The van der Waals surface area contributed by atoms with Gasteiger partial charge in [0.1, 0.15) is 10.7 Å². The average Bonchev–Trinajstić information content (AvgIpc) is 3.07. The second-order valence-corrected chi connectivity index (χ2v) is 4.91. The summed E-state index contributed by atoms with van der Waals surface area (Å²) in [6.07, 6.45) is 5.58. The maximum absolute atomic E-state index is 5.63. The van der Waals surface area contributed by atoms with E-state index in [0.717, 1.165) is 12.2 Å². The first kappa shape index (κ1) is 11.3. The second kappa shape index (κ2) is 4.37. The average molecular weight is 235 g/mol. The Morgan fingerprint density at radius 2 is 2.38 bits per heavy atom. The van der Waals surface area contributed by atoms with Crippen molar-refractivity contribution in [1.82, 2.24) is 4.98 Å². The monoisotopic (exact) mass is 235 g/mol. The van der Waals surface area contributed by atoms with E-state index in [9.17, 15) is 0 Å². The van der Waals surface area contributed by atoms with E-state index >= 15 is 0 Å². The highest BCUT2D eigenvalue weighted by atomic mass is 32.1. The standard InChI is InChI=1S/C12H17N3S/c1-2-12(5-6-12)8-15-9-4-3-7-14-10(9)11(13)16/h3-4,7,15H,2,5-6,8H2,1H3,(H2,13,16). The van der Waals surface area contributed by atoms with E-state index in [1.165, 1.54) is 19.3 Å². The third-order valence-electron chi connectivity index (χ3n) is 3.40. The minimum Gasteiger partial charge on any atom is -0.388 e. The number of anilines is 1. The van der Waals surface area contributed by atoms with E-state index in [0.29, 0.717) is 16.1 Å². The Morgan fingerprint density at radius 1 is 1.62 bits per heavy atom. The maximum Gasteiger partial charge on any atom is 0.124 e. The topological polar surface area (TPSA) is 50.9 Å². The summed E-state index contributed by atoms with van der Waals surface area (Å²) in [5.41, 5.74) is 7.79. The third kappa shape index (κ3) is 2.32. The summed E-state index contributed by atoms with van der Waals surface area (Å²) in [5, 5.41) is 3.42. The lowest BCUT2D eigenvalue weighted by Gasteiger charge is -2.16. The molecule has 1 aliphatic rings. The van der Waals surface area contributed by atoms with Crippen LogP contribution in [0, 0.1) is 5.41 Å². The van der Waals surface area contributed by atoms with Crippen LogP contribution in [0.5, 0.6) is 0 Å². The quantitative estimate of drug-likeness (QED) is 0.769. The zero-order chi connectivity index (χ0) is 11.6. The number of rotatable bonds is 5. The normalized spacial score (nSPS) is 16.8. The van der Waals surface area contributed by atoms with Gasteiger partial charge in [0.2, 0.25) is 0 Å². The van der Waals surface area contributed by atoms with Gasteiger partial charge in [-0.05, 0) is 36.8 Å². The Kier molecular flexibility index (Phi) is 3.10. The van der Waals surface area contributed by atoms with E-state index in [2.05, 4.69) is 17.2 Å². The van der Waals surface area contributed by atoms with Gasteiger partial charge in [0.05, 0.1) is 5.69 Å². The third-order valence-corrected chi connectivity index (χ3v) is 3.60. The smallest absolute Gasteiger partial charge is 0.124 e. The Balaban J connectivity index is 2.06. The Bertz CT molecular complexity index is 399. The Labute approximate surface area is 101 Å². The predicted octanol–water partition coefficient (Wildman–Crippen LogP) is 2.32. The molecule has 3 N–H and O–H groups in total. The van der Waals surface area contributed by atoms with E-state index in [-0.39, 0.29) is 0 Å². The van der Waals surface area contributed by atoms with Crippen LogP contribution in [0.1, 0.15) is 31.9 Å². The molecule has 1 aromatic heterocycles. The van der Waals surface area contributed by atoms with Crippen molar-refractivity contribution in [3.8, 4) is 0 Å². The van der Waals surface area contributed by atoms with Crippen molar-refractivity contribution in [3.63, 3.8) is 0 Å². The molecule has 0 spiro atoms. The number of hydrogen-bond acceptors (Lipinski definition) is 3. The lowest BCUT2D eigenvalue weighted by atomic mass is 10.0. The predicted molar refractivity (Wildman–Crippen MR) is 70.6 cm³/mol. The number of nitrogens with one attached hydrogen (secondary N) is 1. The molecule has 0 unspecified atom stereocenters. The van der Waals surface area contributed by atoms with Crippen LogP contribution in [-0.2, 0) is 0 Å². The van der Waals surface area contributed by atoms with Crippen molar-refractivity contribution in [2.75, 3.05) is 11.9 Å². The summed E-state index contributed by atoms with van der Waals surface area (Å²) >= 11 is 4.98. The Morgan fingerprint density at radius 3 is 2.94 bits per heavy atom. The minimum atomic E-state index is 0.351. The molecule has 0 aliphatic heterocycles. The minimum absolute atomic E-state index is 0.351. The second-order valence-electron chi connectivity index (χ2n) is 4.47. The van der Waals surface area contributed by atoms with Gasteiger partial charge in [0.15, 0.2) is 0 Å². The molecule has 16 heavy (non-hydrogen) atoms. The van der Waals surface area contributed by atoms with Gasteiger partial charge in [-0.1, -0.05) is 19.1 Å². The zero-order valence-corrected chi connectivity index (χ0v) is 10.3. The number of hydrogen-bond donors (Lipinski definition) is 2. The van der Waals surface area contributed by atoms with E-state index < -0.39 is 0 Å². The molecule has 3 nitrogen and oxygen atoms in total. The lowest BCUT2D eigenvalue weighted by Crippen LogP contribution is -2.19. The van der Waals surface area contributed by atoms with Gasteiger partial charge in [0.25, 0.3) is 0 Å².